The van der Waals surface area contributed by atoms with Crippen LogP contribution in [0.25, 0.3) is 0 Å². The van der Waals surface area contributed by atoms with Crippen LogP contribution < -0.4 is 20.7 Å². The van der Waals surface area contributed by atoms with Crippen LogP contribution in [0.2, 0.25) is 0 Å². The van der Waals surface area contributed by atoms with Gasteiger partial charge in [-0.15, -0.1) is 0 Å². The molecule has 2 aromatic rings. The van der Waals surface area contributed by atoms with E-state index in [9.17, 15) is 4.79 Å². The highest BCUT2D eigenvalue weighted by atomic mass is 16.5. The number of benzene rings is 2. The number of carbonyl (C=O) groups excluding carboxylic acids is 1. The van der Waals surface area contributed by atoms with Crippen LogP contribution >= 0.6 is 0 Å². The Morgan fingerprint density at radius 2 is 2.17 bits per heavy atom. The lowest BCUT2D eigenvalue weighted by Gasteiger charge is -2.35. The summed E-state index contributed by atoms with van der Waals surface area (Å²) in [5, 5.41) is 2.96. The van der Waals surface area contributed by atoms with Crippen molar-refractivity contribution < 1.29 is 9.53 Å². The van der Waals surface area contributed by atoms with Crippen molar-refractivity contribution in [3.63, 3.8) is 0 Å². The van der Waals surface area contributed by atoms with Gasteiger partial charge in [0.15, 0.2) is 0 Å². The van der Waals surface area contributed by atoms with Crippen LogP contribution in [0.5, 0.6) is 5.75 Å². The molecule has 2 aromatic carbocycles. The third kappa shape index (κ3) is 3.62. The van der Waals surface area contributed by atoms with E-state index in [1.807, 2.05) is 54.3 Å². The Bertz CT molecular complexity index is 745. The molecular weight excluding hydrogens is 302 g/mol. The Morgan fingerprint density at radius 3 is 2.92 bits per heavy atom. The minimum absolute atomic E-state index is 0.0503. The van der Waals surface area contributed by atoms with E-state index in [0.29, 0.717) is 12.2 Å². The van der Waals surface area contributed by atoms with Crippen molar-refractivity contribution in [2.45, 2.75) is 26.4 Å². The van der Waals surface area contributed by atoms with Crippen molar-refractivity contribution in [3.05, 3.63) is 48.0 Å². The summed E-state index contributed by atoms with van der Waals surface area (Å²) < 4.78 is 5.95. The van der Waals surface area contributed by atoms with E-state index in [0.717, 1.165) is 29.1 Å². The molecule has 1 aliphatic rings. The molecule has 0 bridgehead atoms. The molecule has 1 unspecified atom stereocenters. The third-order valence-electron chi connectivity index (χ3n) is 4.13. The SMILES string of the molecule is CCC1CN(CC(=O)Nc2cccc(C)c2)c2cc(N)ccc2O1. The summed E-state index contributed by atoms with van der Waals surface area (Å²) in [6, 6.07) is 13.3. The molecule has 1 atom stereocenters. The normalized spacial score (nSPS) is 16.2. The second-order valence-electron chi connectivity index (χ2n) is 6.17. The van der Waals surface area contributed by atoms with Gasteiger partial charge in [-0.2, -0.15) is 0 Å². The van der Waals surface area contributed by atoms with Gasteiger partial charge in [-0.25, -0.2) is 0 Å². The van der Waals surface area contributed by atoms with Gasteiger partial charge < -0.3 is 20.7 Å². The van der Waals surface area contributed by atoms with Crippen LogP contribution in [-0.4, -0.2) is 25.1 Å². The molecule has 0 fully saturated rings. The number of ether oxygens (including phenoxy) is 1. The lowest BCUT2D eigenvalue weighted by atomic mass is 10.1. The maximum Gasteiger partial charge on any atom is 0.243 e. The highest BCUT2D eigenvalue weighted by Crippen LogP contribution is 2.35. The molecule has 24 heavy (non-hydrogen) atoms. The number of hydrogen-bond donors (Lipinski definition) is 2. The van der Waals surface area contributed by atoms with Crippen molar-refractivity contribution in [2.75, 3.05) is 29.0 Å². The van der Waals surface area contributed by atoms with E-state index >= 15 is 0 Å². The van der Waals surface area contributed by atoms with Crippen molar-refractivity contribution in [2.24, 2.45) is 0 Å². The maximum atomic E-state index is 12.5. The number of aryl methyl sites for hydroxylation is 1. The summed E-state index contributed by atoms with van der Waals surface area (Å²) in [7, 11) is 0. The van der Waals surface area contributed by atoms with Crippen LogP contribution in [0.15, 0.2) is 42.5 Å². The highest BCUT2D eigenvalue weighted by molar-refractivity contribution is 5.94. The average Bonchev–Trinajstić information content (AvgIpc) is 2.55. The lowest BCUT2D eigenvalue weighted by molar-refractivity contribution is -0.115. The smallest absolute Gasteiger partial charge is 0.243 e. The molecule has 0 aliphatic carbocycles. The number of nitrogens with two attached hydrogens (primary N) is 1. The van der Waals surface area contributed by atoms with Crippen LogP contribution in [0, 0.1) is 6.92 Å². The van der Waals surface area contributed by atoms with Gasteiger partial charge in [-0.1, -0.05) is 19.1 Å². The Morgan fingerprint density at radius 1 is 1.33 bits per heavy atom. The Labute approximate surface area is 142 Å². The molecule has 3 rings (SSSR count). The van der Waals surface area contributed by atoms with Gasteiger partial charge in [-0.05, 0) is 49.2 Å². The van der Waals surface area contributed by atoms with Crippen LogP contribution in [-0.2, 0) is 4.79 Å². The molecular formula is C19H23N3O2. The average molecular weight is 325 g/mol. The van der Waals surface area contributed by atoms with Crippen molar-refractivity contribution in [1.82, 2.24) is 0 Å². The number of hydrogen-bond acceptors (Lipinski definition) is 4. The summed E-state index contributed by atoms with van der Waals surface area (Å²) in [6.45, 7) is 5.03. The predicted molar refractivity (Wildman–Crippen MR) is 97.6 cm³/mol. The largest absolute Gasteiger partial charge is 0.486 e. The number of anilines is 3. The molecule has 1 amide bonds. The van der Waals surface area contributed by atoms with Gasteiger partial charge in [0, 0.05) is 11.4 Å². The zero-order valence-electron chi connectivity index (χ0n) is 14.1. The Hall–Kier alpha value is -2.69. The van der Waals surface area contributed by atoms with E-state index in [4.69, 9.17) is 10.5 Å². The zero-order valence-corrected chi connectivity index (χ0v) is 14.1. The first-order valence-corrected chi connectivity index (χ1v) is 8.23. The number of nitrogen functional groups attached to an aromatic ring is 1. The number of fused-ring (bicyclic) bond motifs is 1. The second kappa shape index (κ2) is 6.83. The van der Waals surface area contributed by atoms with E-state index in [1.54, 1.807) is 0 Å². The first-order chi connectivity index (χ1) is 11.5. The van der Waals surface area contributed by atoms with Gasteiger partial charge in [0.2, 0.25) is 5.91 Å². The number of carbonyl (C=O) groups is 1. The lowest BCUT2D eigenvalue weighted by Crippen LogP contribution is -2.43. The van der Waals surface area contributed by atoms with Gasteiger partial charge in [0.1, 0.15) is 11.9 Å². The molecule has 0 spiro atoms. The Kier molecular flexibility index (Phi) is 4.60. The quantitative estimate of drug-likeness (QED) is 0.847. The van der Waals surface area contributed by atoms with E-state index < -0.39 is 0 Å². The van der Waals surface area contributed by atoms with Crippen molar-refractivity contribution in [1.29, 1.82) is 0 Å². The van der Waals surface area contributed by atoms with Crippen LogP contribution in [0.4, 0.5) is 17.1 Å². The highest BCUT2D eigenvalue weighted by Gasteiger charge is 2.26. The summed E-state index contributed by atoms with van der Waals surface area (Å²) in [4.78, 5) is 14.5. The second-order valence-corrected chi connectivity index (χ2v) is 6.17. The maximum absolute atomic E-state index is 12.5. The third-order valence-corrected chi connectivity index (χ3v) is 4.13. The van der Waals surface area contributed by atoms with Gasteiger partial charge >= 0.3 is 0 Å². The first-order valence-electron chi connectivity index (χ1n) is 8.23. The zero-order chi connectivity index (χ0) is 17.1. The molecule has 3 N–H and O–H groups in total. The minimum Gasteiger partial charge on any atom is -0.486 e. The molecule has 126 valence electrons. The molecule has 5 nitrogen and oxygen atoms in total. The van der Waals surface area contributed by atoms with Crippen LogP contribution in [0.1, 0.15) is 18.9 Å². The minimum atomic E-state index is -0.0503. The molecule has 1 heterocycles. The first kappa shape index (κ1) is 16.2. The van der Waals surface area contributed by atoms with Crippen molar-refractivity contribution >= 4 is 23.0 Å². The van der Waals surface area contributed by atoms with E-state index in [-0.39, 0.29) is 18.6 Å². The fourth-order valence-corrected chi connectivity index (χ4v) is 2.90. The summed E-state index contributed by atoms with van der Waals surface area (Å²) in [5.41, 5.74) is 9.36. The van der Waals surface area contributed by atoms with E-state index in [1.165, 1.54) is 0 Å². The standard InChI is InChI=1S/C19H23N3O2/c1-3-16-11-22(17-10-14(20)7-8-18(17)24-16)12-19(23)21-15-6-4-5-13(2)9-15/h4-10,16H,3,11-12,20H2,1-2H3,(H,21,23). The number of amides is 1. The summed E-state index contributed by atoms with van der Waals surface area (Å²) in [5.74, 6) is 0.733. The monoisotopic (exact) mass is 325 g/mol. The molecule has 1 aliphatic heterocycles. The molecule has 0 saturated heterocycles. The van der Waals surface area contributed by atoms with Crippen LogP contribution in [0.3, 0.4) is 0 Å². The van der Waals surface area contributed by atoms with Gasteiger partial charge in [-0.3, -0.25) is 4.79 Å². The summed E-state index contributed by atoms with van der Waals surface area (Å²) in [6.07, 6.45) is 0.965. The fraction of sp³-hybridized carbons (Fsp3) is 0.316. The van der Waals surface area contributed by atoms with Gasteiger partial charge in [0.25, 0.3) is 0 Å². The number of nitrogens with zero attached hydrogens (tertiary/aromatic N) is 1. The molecule has 0 aromatic heterocycles. The van der Waals surface area contributed by atoms with Gasteiger partial charge in [0.05, 0.1) is 18.8 Å². The fourth-order valence-electron chi connectivity index (χ4n) is 2.90. The van der Waals surface area contributed by atoms with E-state index in [2.05, 4.69) is 12.2 Å². The predicted octanol–water partition coefficient (Wildman–Crippen LogP) is 3.19. The molecule has 0 radical (unpaired) electrons. The summed E-state index contributed by atoms with van der Waals surface area (Å²) >= 11 is 0. The molecule has 0 saturated carbocycles. The molecule has 5 heteroatoms. The van der Waals surface area contributed by atoms with Crippen molar-refractivity contribution in [3.8, 4) is 5.75 Å². The Balaban J connectivity index is 1.76. The topological polar surface area (TPSA) is 67.6 Å². The number of nitrogens with one attached hydrogen (secondary N) is 1. The number of rotatable bonds is 4.